The first-order chi connectivity index (χ1) is 7.41. The van der Waals surface area contributed by atoms with E-state index in [1.165, 1.54) is 0 Å². The number of hydrogen-bond acceptors (Lipinski definition) is 2. The van der Waals surface area contributed by atoms with Crippen LogP contribution in [0.2, 0.25) is 0 Å². The van der Waals surface area contributed by atoms with Crippen LogP contribution in [0.5, 0.6) is 5.75 Å². The highest BCUT2D eigenvalue weighted by Crippen LogP contribution is 2.20. The zero-order valence-electron chi connectivity index (χ0n) is 9.70. The van der Waals surface area contributed by atoms with Crippen molar-refractivity contribution in [2.24, 2.45) is 0 Å². The van der Waals surface area contributed by atoms with Gasteiger partial charge in [0.15, 0.2) is 0 Å². The molecule has 16 heavy (non-hydrogen) atoms. The summed E-state index contributed by atoms with van der Waals surface area (Å²) in [6.07, 6.45) is 0. The number of phenolic OH excluding ortho intramolecular Hbond substituents is 1. The Labute approximate surface area is 104 Å². The first kappa shape index (κ1) is 13.0. The lowest BCUT2D eigenvalue weighted by Gasteiger charge is -2.19. The molecule has 0 radical (unpaired) electrons. The first-order valence-corrected chi connectivity index (χ1v) is 6.02. The van der Waals surface area contributed by atoms with Gasteiger partial charge in [0.2, 0.25) is 0 Å². The second kappa shape index (κ2) is 5.34. The van der Waals surface area contributed by atoms with Gasteiger partial charge in [-0.2, -0.15) is 0 Å². The molecule has 1 atom stereocenters. The highest BCUT2D eigenvalue weighted by atomic mass is 79.9. The molecular weight excluding hydrogens is 270 g/mol. The lowest BCUT2D eigenvalue weighted by Crippen LogP contribution is -2.31. The maximum absolute atomic E-state index is 12.0. The predicted molar refractivity (Wildman–Crippen MR) is 68.2 cm³/mol. The molecule has 0 bridgehead atoms. The quantitative estimate of drug-likeness (QED) is 0.867. The van der Waals surface area contributed by atoms with Crippen molar-refractivity contribution < 1.29 is 9.90 Å². The molecule has 88 valence electrons. The molecule has 0 aliphatic rings. The van der Waals surface area contributed by atoms with Crippen LogP contribution in [0.4, 0.5) is 0 Å². The summed E-state index contributed by atoms with van der Waals surface area (Å²) in [5, 5.41) is 9.63. The zero-order chi connectivity index (χ0) is 12.3. The van der Waals surface area contributed by atoms with E-state index >= 15 is 0 Å². The van der Waals surface area contributed by atoms with Crippen LogP contribution in [0.15, 0.2) is 18.2 Å². The predicted octanol–water partition coefficient (Wildman–Crippen LogP) is 2.56. The van der Waals surface area contributed by atoms with Gasteiger partial charge in [0.25, 0.3) is 5.91 Å². The molecule has 3 nitrogen and oxygen atoms in total. The van der Waals surface area contributed by atoms with E-state index in [1.54, 1.807) is 30.1 Å². The third kappa shape index (κ3) is 3.23. The van der Waals surface area contributed by atoms with Crippen LogP contribution in [0.1, 0.15) is 22.8 Å². The number of rotatable bonds is 3. The molecule has 0 heterocycles. The van der Waals surface area contributed by atoms with Gasteiger partial charge in [0.05, 0.1) is 5.56 Å². The molecular formula is C12H16BrNO2. The molecule has 0 saturated heterocycles. The third-order valence-corrected chi connectivity index (χ3v) is 2.54. The number of carbonyl (C=O) groups is 1. The molecule has 0 aliphatic carbocycles. The van der Waals surface area contributed by atoms with Crippen LogP contribution >= 0.6 is 15.9 Å². The highest BCUT2D eigenvalue weighted by molar-refractivity contribution is 9.09. The Morgan fingerprint density at radius 1 is 1.56 bits per heavy atom. The van der Waals surface area contributed by atoms with Crippen molar-refractivity contribution in [1.29, 1.82) is 0 Å². The van der Waals surface area contributed by atoms with Gasteiger partial charge in [-0.3, -0.25) is 4.79 Å². The van der Waals surface area contributed by atoms with E-state index in [0.29, 0.717) is 12.1 Å². The summed E-state index contributed by atoms with van der Waals surface area (Å²) < 4.78 is 0. The van der Waals surface area contributed by atoms with Crippen LogP contribution < -0.4 is 0 Å². The standard InChI is InChI=1S/C12H16BrNO2/c1-8-4-5-11(15)10(6-8)12(16)14(3)7-9(2)13/h4-6,9,15H,7H2,1-3H3. The van der Waals surface area contributed by atoms with E-state index < -0.39 is 0 Å². The smallest absolute Gasteiger partial charge is 0.257 e. The van der Waals surface area contributed by atoms with Gasteiger partial charge in [-0.15, -0.1) is 0 Å². The normalized spacial score (nSPS) is 12.2. The highest BCUT2D eigenvalue weighted by Gasteiger charge is 2.16. The Morgan fingerprint density at radius 2 is 2.19 bits per heavy atom. The lowest BCUT2D eigenvalue weighted by molar-refractivity contribution is 0.0794. The van der Waals surface area contributed by atoms with E-state index in [2.05, 4.69) is 15.9 Å². The number of aryl methyl sites for hydroxylation is 1. The van der Waals surface area contributed by atoms with Gasteiger partial charge in [-0.1, -0.05) is 34.5 Å². The fraction of sp³-hybridized carbons (Fsp3) is 0.417. The van der Waals surface area contributed by atoms with Gasteiger partial charge >= 0.3 is 0 Å². The Bertz CT molecular complexity index is 391. The van der Waals surface area contributed by atoms with Crippen LogP contribution in [-0.4, -0.2) is 34.3 Å². The summed E-state index contributed by atoms with van der Waals surface area (Å²) in [5.74, 6) is -0.128. The maximum atomic E-state index is 12.0. The minimum Gasteiger partial charge on any atom is -0.507 e. The number of nitrogens with zero attached hydrogens (tertiary/aromatic N) is 1. The Kier molecular flexibility index (Phi) is 4.35. The fourth-order valence-electron chi connectivity index (χ4n) is 1.49. The number of phenols is 1. The molecule has 1 aromatic carbocycles. The van der Waals surface area contributed by atoms with Crippen LogP contribution in [0.25, 0.3) is 0 Å². The van der Waals surface area contributed by atoms with E-state index in [1.807, 2.05) is 13.8 Å². The number of aromatic hydroxyl groups is 1. The number of carbonyl (C=O) groups excluding carboxylic acids is 1. The molecule has 0 saturated carbocycles. The van der Waals surface area contributed by atoms with E-state index in [-0.39, 0.29) is 16.5 Å². The first-order valence-electron chi connectivity index (χ1n) is 5.11. The van der Waals surface area contributed by atoms with Crippen molar-refractivity contribution in [3.05, 3.63) is 29.3 Å². The summed E-state index contributed by atoms with van der Waals surface area (Å²) in [6, 6.07) is 5.03. The maximum Gasteiger partial charge on any atom is 0.257 e. The summed E-state index contributed by atoms with van der Waals surface area (Å²) in [7, 11) is 1.72. The van der Waals surface area contributed by atoms with Gasteiger partial charge in [0.1, 0.15) is 5.75 Å². The number of amides is 1. The average Bonchev–Trinajstić information content (AvgIpc) is 2.19. The van der Waals surface area contributed by atoms with E-state index in [4.69, 9.17) is 0 Å². The number of halogens is 1. The average molecular weight is 286 g/mol. The van der Waals surface area contributed by atoms with Gasteiger partial charge in [-0.25, -0.2) is 0 Å². The summed E-state index contributed by atoms with van der Waals surface area (Å²) in [5.41, 5.74) is 1.32. The molecule has 0 fully saturated rings. The molecule has 0 aromatic heterocycles. The van der Waals surface area contributed by atoms with Crippen LogP contribution in [-0.2, 0) is 0 Å². The van der Waals surface area contributed by atoms with Gasteiger partial charge in [0, 0.05) is 18.4 Å². The van der Waals surface area contributed by atoms with Gasteiger partial charge in [-0.05, 0) is 19.1 Å². The minimum absolute atomic E-state index is 0.0321. The molecule has 1 rings (SSSR count). The topological polar surface area (TPSA) is 40.5 Å². The molecule has 1 aromatic rings. The van der Waals surface area contributed by atoms with Crippen molar-refractivity contribution in [2.45, 2.75) is 18.7 Å². The van der Waals surface area contributed by atoms with Crippen molar-refractivity contribution in [3.8, 4) is 5.75 Å². The SMILES string of the molecule is Cc1ccc(O)c(C(=O)N(C)CC(C)Br)c1. The number of alkyl halides is 1. The van der Waals surface area contributed by atoms with Crippen LogP contribution in [0, 0.1) is 6.92 Å². The largest absolute Gasteiger partial charge is 0.507 e. The van der Waals surface area contributed by atoms with Crippen molar-refractivity contribution in [2.75, 3.05) is 13.6 Å². The lowest BCUT2D eigenvalue weighted by atomic mass is 10.1. The second-order valence-corrected chi connectivity index (χ2v) is 5.55. The molecule has 1 N–H and O–H groups in total. The van der Waals surface area contributed by atoms with Crippen molar-refractivity contribution in [3.63, 3.8) is 0 Å². The molecule has 0 aliphatic heterocycles. The van der Waals surface area contributed by atoms with Crippen LogP contribution in [0.3, 0.4) is 0 Å². The van der Waals surface area contributed by atoms with E-state index in [9.17, 15) is 9.90 Å². The third-order valence-electron chi connectivity index (χ3n) is 2.25. The Morgan fingerprint density at radius 3 is 2.75 bits per heavy atom. The molecule has 1 unspecified atom stereocenters. The Balaban J connectivity index is 2.91. The fourth-order valence-corrected chi connectivity index (χ4v) is 1.92. The number of hydrogen-bond donors (Lipinski definition) is 1. The van der Waals surface area contributed by atoms with E-state index in [0.717, 1.165) is 5.56 Å². The summed E-state index contributed by atoms with van der Waals surface area (Å²) in [6.45, 7) is 4.47. The number of benzene rings is 1. The summed E-state index contributed by atoms with van der Waals surface area (Å²) in [4.78, 5) is 13.8. The van der Waals surface area contributed by atoms with Crippen molar-refractivity contribution >= 4 is 21.8 Å². The Hall–Kier alpha value is -1.03. The molecule has 4 heteroatoms. The zero-order valence-corrected chi connectivity index (χ0v) is 11.3. The second-order valence-electron chi connectivity index (χ2n) is 3.99. The molecule has 1 amide bonds. The summed E-state index contributed by atoms with van der Waals surface area (Å²) >= 11 is 3.39. The molecule has 0 spiro atoms. The van der Waals surface area contributed by atoms with Crippen molar-refractivity contribution in [1.82, 2.24) is 4.90 Å². The monoisotopic (exact) mass is 285 g/mol. The van der Waals surface area contributed by atoms with Gasteiger partial charge < -0.3 is 10.0 Å². The minimum atomic E-state index is -0.160.